The van der Waals surface area contributed by atoms with E-state index in [1.165, 1.54) is 0 Å². The monoisotopic (exact) mass is 469 g/mol. The quantitative estimate of drug-likeness (QED) is 0.505. The average Bonchev–Trinajstić information content (AvgIpc) is 2.79. The molecule has 0 aromatic heterocycles. The minimum Gasteiger partial charge on any atom is -0.481 e. The van der Waals surface area contributed by atoms with E-state index in [4.69, 9.17) is 16.3 Å². The lowest BCUT2D eigenvalue weighted by Gasteiger charge is -2.50. The normalized spacial score (nSPS) is 23.6. The number of aliphatic carboxylic acids is 1. The Morgan fingerprint density at radius 1 is 1.24 bits per heavy atom. The van der Waals surface area contributed by atoms with Crippen LogP contribution < -0.4 is 0 Å². The first-order valence-corrected chi connectivity index (χ1v) is 11.7. The van der Waals surface area contributed by atoms with E-state index >= 15 is 0 Å². The lowest BCUT2D eigenvalue weighted by Crippen LogP contribution is -2.53. The van der Waals surface area contributed by atoms with E-state index in [9.17, 15) is 14.7 Å². The van der Waals surface area contributed by atoms with Gasteiger partial charge in [-0.15, -0.1) is 0 Å². The van der Waals surface area contributed by atoms with Crippen LogP contribution in [-0.2, 0) is 14.3 Å². The molecule has 2 unspecified atom stereocenters. The van der Waals surface area contributed by atoms with Crippen molar-refractivity contribution in [1.82, 2.24) is 4.90 Å². The number of carboxylic acid groups (broad SMARTS) is 1. The van der Waals surface area contributed by atoms with E-state index in [0.717, 1.165) is 22.4 Å². The van der Waals surface area contributed by atoms with E-state index in [-0.39, 0.29) is 30.9 Å². The van der Waals surface area contributed by atoms with Gasteiger partial charge in [0.25, 0.3) is 0 Å². The molecule has 0 bridgehead atoms. The van der Waals surface area contributed by atoms with Gasteiger partial charge < -0.3 is 14.7 Å². The SMILES string of the molecule is C/C=C(\COC)N1C(=O)C(CC)(CC(=O)O)C[C@H](c2cccc(Cl)c2)C1c1ccc(C)cc1. The lowest BCUT2D eigenvalue weighted by molar-refractivity contribution is -0.157. The maximum Gasteiger partial charge on any atom is 0.304 e. The molecule has 2 aromatic rings. The number of rotatable bonds is 8. The first-order chi connectivity index (χ1) is 15.8. The smallest absolute Gasteiger partial charge is 0.304 e. The van der Waals surface area contributed by atoms with E-state index < -0.39 is 11.4 Å². The molecular weight excluding hydrogens is 438 g/mol. The van der Waals surface area contributed by atoms with Crippen LogP contribution in [0.1, 0.15) is 61.8 Å². The summed E-state index contributed by atoms with van der Waals surface area (Å²) in [6, 6.07) is 15.5. The Kier molecular flexibility index (Phi) is 7.98. The van der Waals surface area contributed by atoms with Gasteiger partial charge >= 0.3 is 5.97 Å². The molecule has 1 fully saturated rings. The highest BCUT2D eigenvalue weighted by atomic mass is 35.5. The molecule has 0 spiro atoms. The first-order valence-electron chi connectivity index (χ1n) is 11.3. The largest absolute Gasteiger partial charge is 0.481 e. The Hall–Kier alpha value is -2.63. The molecule has 6 heteroatoms. The Labute approximate surface area is 201 Å². The predicted molar refractivity (Wildman–Crippen MR) is 130 cm³/mol. The summed E-state index contributed by atoms with van der Waals surface area (Å²) in [5, 5.41) is 10.4. The van der Waals surface area contributed by atoms with Crippen LogP contribution in [0.2, 0.25) is 5.02 Å². The number of allylic oxidation sites excluding steroid dienone is 1. The van der Waals surface area contributed by atoms with Crippen molar-refractivity contribution in [2.75, 3.05) is 13.7 Å². The summed E-state index contributed by atoms with van der Waals surface area (Å²) in [7, 11) is 1.59. The average molecular weight is 470 g/mol. The summed E-state index contributed by atoms with van der Waals surface area (Å²) in [6.45, 7) is 6.05. The second kappa shape index (κ2) is 10.5. The van der Waals surface area contributed by atoms with Crippen LogP contribution in [0.4, 0.5) is 0 Å². The van der Waals surface area contributed by atoms with Gasteiger partial charge in [-0.05, 0) is 49.9 Å². The van der Waals surface area contributed by atoms with Gasteiger partial charge in [-0.3, -0.25) is 9.59 Å². The Morgan fingerprint density at radius 2 is 1.94 bits per heavy atom. The maximum absolute atomic E-state index is 14.1. The van der Waals surface area contributed by atoms with Gasteiger partial charge in [0.15, 0.2) is 0 Å². The summed E-state index contributed by atoms with van der Waals surface area (Å²) < 4.78 is 5.44. The van der Waals surface area contributed by atoms with Gasteiger partial charge in [-0.25, -0.2) is 0 Å². The topological polar surface area (TPSA) is 66.8 Å². The van der Waals surface area contributed by atoms with Gasteiger partial charge in [0.1, 0.15) is 0 Å². The Balaban J connectivity index is 2.28. The summed E-state index contributed by atoms with van der Waals surface area (Å²) in [5.41, 5.74) is 2.81. The van der Waals surface area contributed by atoms with Crippen LogP contribution in [0.15, 0.2) is 60.3 Å². The van der Waals surface area contributed by atoms with Crippen LogP contribution in [0.25, 0.3) is 0 Å². The Morgan fingerprint density at radius 3 is 2.48 bits per heavy atom. The number of carbonyl (C=O) groups is 2. The molecule has 1 aliphatic heterocycles. The van der Waals surface area contributed by atoms with Gasteiger partial charge in [0, 0.05) is 23.7 Å². The highest BCUT2D eigenvalue weighted by Gasteiger charge is 2.53. The van der Waals surface area contributed by atoms with E-state index in [0.29, 0.717) is 17.9 Å². The van der Waals surface area contributed by atoms with Crippen molar-refractivity contribution < 1.29 is 19.4 Å². The molecule has 5 nitrogen and oxygen atoms in total. The molecule has 1 N–H and O–H groups in total. The summed E-state index contributed by atoms with van der Waals surface area (Å²) in [4.78, 5) is 27.8. The molecular formula is C27H32ClNO4. The highest BCUT2D eigenvalue weighted by molar-refractivity contribution is 6.30. The molecule has 176 valence electrons. The fourth-order valence-corrected chi connectivity index (χ4v) is 5.17. The van der Waals surface area contributed by atoms with Crippen molar-refractivity contribution in [3.63, 3.8) is 0 Å². The van der Waals surface area contributed by atoms with Crippen LogP contribution in [-0.4, -0.2) is 35.6 Å². The number of ether oxygens (including phenoxy) is 1. The number of likely N-dealkylation sites (tertiary alicyclic amines) is 1. The van der Waals surface area contributed by atoms with Gasteiger partial charge in [0.2, 0.25) is 5.91 Å². The number of carbonyl (C=O) groups excluding carboxylic acids is 1. The number of hydrogen-bond acceptors (Lipinski definition) is 3. The second-order valence-corrected chi connectivity index (χ2v) is 9.25. The number of piperidine rings is 1. The van der Waals surface area contributed by atoms with Gasteiger partial charge in [0.05, 0.1) is 24.5 Å². The minimum absolute atomic E-state index is 0.143. The third kappa shape index (κ3) is 5.15. The zero-order valence-electron chi connectivity index (χ0n) is 19.7. The molecule has 2 aromatic carbocycles. The van der Waals surface area contributed by atoms with Crippen molar-refractivity contribution >= 4 is 23.5 Å². The number of aryl methyl sites for hydroxylation is 1. The first kappa shape index (κ1) is 25.0. The van der Waals surface area contributed by atoms with Crippen LogP contribution in [0.5, 0.6) is 0 Å². The fraction of sp³-hybridized carbons (Fsp3) is 0.407. The highest BCUT2D eigenvalue weighted by Crippen LogP contribution is 2.53. The maximum atomic E-state index is 14.1. The fourth-order valence-electron chi connectivity index (χ4n) is 4.97. The molecule has 33 heavy (non-hydrogen) atoms. The summed E-state index contributed by atoms with van der Waals surface area (Å²) >= 11 is 6.37. The molecule has 1 aliphatic rings. The van der Waals surface area contributed by atoms with E-state index in [1.54, 1.807) is 12.0 Å². The number of halogens is 1. The third-order valence-corrected chi connectivity index (χ3v) is 6.97. The molecule has 3 rings (SSSR count). The van der Waals surface area contributed by atoms with Crippen molar-refractivity contribution in [1.29, 1.82) is 0 Å². The van der Waals surface area contributed by atoms with E-state index in [1.807, 2.05) is 75.4 Å². The molecule has 0 saturated carbocycles. The van der Waals surface area contributed by atoms with Crippen LogP contribution in [0.3, 0.4) is 0 Å². The standard InChI is InChI=1S/C27H32ClNO4/c1-5-22(17-33-4)29-25(19-12-10-18(3)11-13-19)23(20-8-7-9-21(28)14-20)15-27(6-2,26(29)32)16-24(30)31/h5,7-14,23,25H,6,15-17H2,1-4H3,(H,30,31)/b22-5+/t23-,25?,27?/m1/s1. The Bertz CT molecular complexity index is 1030. The second-order valence-electron chi connectivity index (χ2n) is 8.81. The van der Waals surface area contributed by atoms with Crippen LogP contribution >= 0.6 is 11.6 Å². The molecule has 1 amide bonds. The van der Waals surface area contributed by atoms with Gasteiger partial charge in [-0.2, -0.15) is 0 Å². The van der Waals surface area contributed by atoms with Crippen molar-refractivity contribution in [3.8, 4) is 0 Å². The van der Waals surface area contributed by atoms with E-state index in [2.05, 4.69) is 0 Å². The minimum atomic E-state index is -1.03. The van der Waals surface area contributed by atoms with Gasteiger partial charge in [-0.1, -0.05) is 66.6 Å². The zero-order chi connectivity index (χ0) is 24.2. The molecule has 3 atom stereocenters. The van der Waals surface area contributed by atoms with Crippen molar-refractivity contribution in [3.05, 3.63) is 82.0 Å². The summed E-state index contributed by atoms with van der Waals surface area (Å²) in [6.07, 6.45) is 2.51. The summed E-state index contributed by atoms with van der Waals surface area (Å²) in [5.74, 6) is -1.28. The number of nitrogens with zero attached hydrogens (tertiary/aromatic N) is 1. The molecule has 0 radical (unpaired) electrons. The molecule has 1 saturated heterocycles. The predicted octanol–water partition coefficient (Wildman–Crippen LogP) is 6.13. The number of carboxylic acids is 1. The van der Waals surface area contributed by atoms with Crippen LogP contribution in [0, 0.1) is 12.3 Å². The number of benzene rings is 2. The third-order valence-electron chi connectivity index (χ3n) is 6.74. The number of methoxy groups -OCH3 is 1. The lowest BCUT2D eigenvalue weighted by atomic mass is 9.65. The number of amides is 1. The zero-order valence-corrected chi connectivity index (χ0v) is 20.4. The molecule has 1 heterocycles. The van der Waals surface area contributed by atoms with Crippen molar-refractivity contribution in [2.45, 2.75) is 52.0 Å². The number of hydrogen-bond donors (Lipinski definition) is 1. The van der Waals surface area contributed by atoms with Crippen molar-refractivity contribution in [2.24, 2.45) is 5.41 Å². The molecule has 0 aliphatic carbocycles.